The van der Waals surface area contributed by atoms with Gasteiger partial charge in [-0.1, -0.05) is 12.1 Å². The second-order valence-electron chi connectivity index (χ2n) is 7.22. The molecule has 0 radical (unpaired) electrons. The fraction of sp³-hybridized carbons (Fsp3) is 0.286. The van der Waals surface area contributed by atoms with Crippen molar-refractivity contribution < 1.29 is 23.1 Å². The van der Waals surface area contributed by atoms with Gasteiger partial charge in [-0.25, -0.2) is 8.42 Å². The van der Waals surface area contributed by atoms with Gasteiger partial charge in [0.2, 0.25) is 0 Å². The van der Waals surface area contributed by atoms with E-state index in [9.17, 15) is 13.2 Å². The van der Waals surface area contributed by atoms with Crippen molar-refractivity contribution in [3.63, 3.8) is 0 Å². The molecule has 146 valence electrons. The van der Waals surface area contributed by atoms with Gasteiger partial charge < -0.3 is 14.4 Å². The molecule has 1 aliphatic rings. The molecule has 7 heteroatoms. The van der Waals surface area contributed by atoms with Crippen LogP contribution in [-0.4, -0.2) is 30.3 Å². The van der Waals surface area contributed by atoms with Gasteiger partial charge in [-0.2, -0.15) is 0 Å². The van der Waals surface area contributed by atoms with E-state index < -0.39 is 15.8 Å². The minimum absolute atomic E-state index is 0.0243. The molecule has 4 rings (SSSR count). The van der Waals surface area contributed by atoms with E-state index in [1.807, 2.05) is 18.2 Å². The third-order valence-corrected chi connectivity index (χ3v) is 6.29. The highest BCUT2D eigenvalue weighted by molar-refractivity contribution is 7.90. The molecular weight excluding hydrogens is 378 g/mol. The zero-order valence-corrected chi connectivity index (χ0v) is 16.3. The van der Waals surface area contributed by atoms with Crippen LogP contribution in [0.4, 0.5) is 0 Å². The van der Waals surface area contributed by atoms with Crippen molar-refractivity contribution in [2.75, 3.05) is 6.26 Å². The summed E-state index contributed by atoms with van der Waals surface area (Å²) in [5.74, 6) is -0.0915. The van der Waals surface area contributed by atoms with E-state index in [4.69, 9.17) is 9.84 Å². The first-order valence-corrected chi connectivity index (χ1v) is 11.0. The molecular formula is C21H21NO5S. The van der Waals surface area contributed by atoms with Crippen molar-refractivity contribution in [1.29, 1.82) is 0 Å². The molecule has 1 aliphatic heterocycles. The Morgan fingerprint density at radius 2 is 1.93 bits per heavy atom. The molecule has 0 amide bonds. The summed E-state index contributed by atoms with van der Waals surface area (Å²) >= 11 is 0. The fourth-order valence-corrected chi connectivity index (χ4v) is 4.44. The highest BCUT2D eigenvalue weighted by Gasteiger charge is 2.26. The van der Waals surface area contributed by atoms with Crippen LogP contribution < -0.4 is 4.74 Å². The predicted octanol–water partition coefficient (Wildman–Crippen LogP) is 3.59. The largest absolute Gasteiger partial charge is 0.489 e. The predicted molar refractivity (Wildman–Crippen MR) is 105 cm³/mol. The summed E-state index contributed by atoms with van der Waals surface area (Å²) in [6.07, 6.45) is 3.03. The standard InChI is InChI=1S/C21H21NO5S/c1-28(25,26)19-8-2-14(3-9-19)13-27-18-7-4-15-10-16-5-6-17(11-21(23)24)22(16)20(15)12-18/h2-4,7-10,12,17H,5-6,11,13H2,1H3,(H,23,24). The van der Waals surface area contributed by atoms with E-state index in [-0.39, 0.29) is 17.4 Å². The molecule has 0 bridgehead atoms. The van der Waals surface area contributed by atoms with Crippen molar-refractivity contribution in [2.24, 2.45) is 0 Å². The van der Waals surface area contributed by atoms with E-state index in [1.165, 1.54) is 6.26 Å². The first-order valence-electron chi connectivity index (χ1n) is 9.09. The van der Waals surface area contributed by atoms with Crippen LogP contribution in [0.25, 0.3) is 10.9 Å². The van der Waals surface area contributed by atoms with Crippen LogP contribution >= 0.6 is 0 Å². The normalized spacial score (nSPS) is 16.2. The Morgan fingerprint density at radius 1 is 1.18 bits per heavy atom. The van der Waals surface area contributed by atoms with Gasteiger partial charge in [0, 0.05) is 29.4 Å². The lowest BCUT2D eigenvalue weighted by atomic mass is 10.1. The molecule has 2 aromatic carbocycles. The zero-order chi connectivity index (χ0) is 19.9. The molecule has 28 heavy (non-hydrogen) atoms. The van der Waals surface area contributed by atoms with Crippen LogP contribution in [0.1, 0.15) is 30.1 Å². The smallest absolute Gasteiger partial charge is 0.305 e. The lowest BCUT2D eigenvalue weighted by molar-refractivity contribution is -0.137. The number of carboxylic acids is 1. The van der Waals surface area contributed by atoms with Crippen LogP contribution in [0, 0.1) is 0 Å². The van der Waals surface area contributed by atoms with Crippen molar-refractivity contribution in [3.8, 4) is 5.75 Å². The Hall–Kier alpha value is -2.80. The molecule has 0 spiro atoms. The summed E-state index contributed by atoms with van der Waals surface area (Å²) in [5.41, 5.74) is 3.02. The van der Waals surface area contributed by atoms with Crippen molar-refractivity contribution in [1.82, 2.24) is 4.57 Å². The van der Waals surface area contributed by atoms with Crippen LogP contribution in [0.2, 0.25) is 0 Å². The molecule has 3 aromatic rings. The Kier molecular flexibility index (Phi) is 4.63. The molecule has 0 saturated carbocycles. The Labute approximate surface area is 163 Å². The number of aromatic nitrogens is 1. The number of sulfone groups is 1. The van der Waals surface area contributed by atoms with Crippen LogP contribution in [0.3, 0.4) is 0 Å². The van der Waals surface area contributed by atoms with E-state index in [1.54, 1.807) is 24.3 Å². The van der Waals surface area contributed by atoms with Gasteiger partial charge in [-0.15, -0.1) is 0 Å². The van der Waals surface area contributed by atoms with Gasteiger partial charge in [0.15, 0.2) is 9.84 Å². The lowest BCUT2D eigenvalue weighted by Gasteiger charge is -2.13. The number of hydrogen-bond acceptors (Lipinski definition) is 4. The zero-order valence-electron chi connectivity index (χ0n) is 15.5. The lowest BCUT2D eigenvalue weighted by Crippen LogP contribution is -2.09. The molecule has 0 fully saturated rings. The molecule has 0 saturated heterocycles. The second-order valence-corrected chi connectivity index (χ2v) is 9.24. The molecule has 1 atom stereocenters. The van der Waals surface area contributed by atoms with E-state index in [2.05, 4.69) is 10.6 Å². The first-order chi connectivity index (χ1) is 13.3. The number of benzene rings is 2. The Morgan fingerprint density at radius 3 is 2.61 bits per heavy atom. The molecule has 1 N–H and O–H groups in total. The van der Waals surface area contributed by atoms with Gasteiger partial charge in [-0.3, -0.25) is 4.79 Å². The minimum atomic E-state index is -3.21. The number of carboxylic acid groups (broad SMARTS) is 1. The summed E-state index contributed by atoms with van der Waals surface area (Å²) in [7, 11) is -3.21. The average molecular weight is 399 g/mol. The summed E-state index contributed by atoms with van der Waals surface area (Å²) in [6.45, 7) is 0.321. The third-order valence-electron chi connectivity index (χ3n) is 5.16. The number of hydrogen-bond donors (Lipinski definition) is 1. The van der Waals surface area contributed by atoms with Gasteiger partial charge in [0.1, 0.15) is 12.4 Å². The summed E-state index contributed by atoms with van der Waals surface area (Å²) in [4.78, 5) is 11.4. The molecule has 2 heterocycles. The van der Waals surface area contributed by atoms with Crippen molar-refractivity contribution in [2.45, 2.75) is 36.8 Å². The average Bonchev–Trinajstić information content (AvgIpc) is 3.19. The molecule has 6 nitrogen and oxygen atoms in total. The van der Waals surface area contributed by atoms with Gasteiger partial charge in [0.25, 0.3) is 0 Å². The maximum absolute atomic E-state index is 11.5. The monoisotopic (exact) mass is 399 g/mol. The first kappa shape index (κ1) is 18.6. The number of carbonyl (C=O) groups is 1. The maximum atomic E-state index is 11.5. The fourth-order valence-electron chi connectivity index (χ4n) is 3.81. The highest BCUT2D eigenvalue weighted by atomic mass is 32.2. The summed E-state index contributed by atoms with van der Waals surface area (Å²) in [5, 5.41) is 10.2. The van der Waals surface area contributed by atoms with E-state index >= 15 is 0 Å². The number of aryl methyl sites for hydroxylation is 1. The topological polar surface area (TPSA) is 85.6 Å². The van der Waals surface area contributed by atoms with Crippen LogP contribution in [0.5, 0.6) is 5.75 Å². The summed E-state index contributed by atoms with van der Waals surface area (Å²) < 4.78 is 31.1. The molecule has 1 unspecified atom stereocenters. The van der Waals surface area contributed by atoms with Crippen LogP contribution in [0.15, 0.2) is 53.4 Å². The second kappa shape index (κ2) is 6.98. The SMILES string of the molecule is CS(=O)(=O)c1ccc(COc2ccc3cc4n(c3c2)C(CC(=O)O)CC4)cc1. The highest BCUT2D eigenvalue weighted by Crippen LogP contribution is 2.36. The van der Waals surface area contributed by atoms with Gasteiger partial charge in [-0.05, 0) is 48.7 Å². The van der Waals surface area contributed by atoms with E-state index in [0.29, 0.717) is 12.4 Å². The quantitative estimate of drug-likeness (QED) is 0.685. The number of aliphatic carboxylic acids is 1. The number of rotatable bonds is 6. The maximum Gasteiger partial charge on any atom is 0.305 e. The van der Waals surface area contributed by atoms with Crippen LogP contribution in [-0.2, 0) is 27.7 Å². The summed E-state index contributed by atoms with van der Waals surface area (Å²) in [6, 6.07) is 14.6. The number of fused-ring (bicyclic) bond motifs is 3. The minimum Gasteiger partial charge on any atom is -0.489 e. The van der Waals surface area contributed by atoms with Gasteiger partial charge in [0.05, 0.1) is 16.8 Å². The number of nitrogens with zero attached hydrogens (tertiary/aromatic N) is 1. The molecule has 0 aliphatic carbocycles. The Balaban J connectivity index is 1.54. The number of ether oxygens (including phenoxy) is 1. The van der Waals surface area contributed by atoms with E-state index in [0.717, 1.165) is 35.0 Å². The Bertz CT molecular complexity index is 1150. The van der Waals surface area contributed by atoms with Crippen molar-refractivity contribution >= 4 is 26.7 Å². The third kappa shape index (κ3) is 3.62. The molecule has 1 aromatic heterocycles. The van der Waals surface area contributed by atoms with Gasteiger partial charge >= 0.3 is 5.97 Å². The van der Waals surface area contributed by atoms with Crippen molar-refractivity contribution in [3.05, 3.63) is 59.8 Å².